The smallest absolute Gasteiger partial charge is 0.330 e. The van der Waals surface area contributed by atoms with E-state index in [2.05, 4.69) is 0 Å². The van der Waals surface area contributed by atoms with Gasteiger partial charge in [0.15, 0.2) is 0 Å². The van der Waals surface area contributed by atoms with Gasteiger partial charge in [0, 0.05) is 0 Å². The molecule has 0 saturated heterocycles. The summed E-state index contributed by atoms with van der Waals surface area (Å²) in [5, 5.41) is 0.0838. The second-order valence-electron chi connectivity index (χ2n) is 2.71. The Balaban J connectivity index is 3.12. The van der Waals surface area contributed by atoms with E-state index in [9.17, 15) is 4.57 Å². The summed E-state index contributed by atoms with van der Waals surface area (Å²) in [5.74, 6) is 0. The lowest BCUT2D eigenvalue weighted by Crippen LogP contribution is -2.14. The Morgan fingerprint density at radius 3 is 2.46 bits per heavy atom. The molecule has 0 aliphatic heterocycles. The molecule has 4 nitrogen and oxygen atoms in total. The minimum Gasteiger partial charge on any atom is -0.330 e. The first kappa shape index (κ1) is 10.4. The molecule has 0 amide bonds. The summed E-state index contributed by atoms with van der Waals surface area (Å²) in [6.07, 6.45) is 0.487. The van der Waals surface area contributed by atoms with Gasteiger partial charge in [-0.15, -0.1) is 0 Å². The van der Waals surface area contributed by atoms with Crippen LogP contribution in [0, 0.1) is 0 Å². The molecule has 0 aliphatic rings. The van der Waals surface area contributed by atoms with Gasteiger partial charge >= 0.3 is 7.60 Å². The lowest BCUT2D eigenvalue weighted by atomic mass is 10.1. The second-order valence-corrected chi connectivity index (χ2v) is 4.28. The molecule has 13 heavy (non-hydrogen) atoms. The van der Waals surface area contributed by atoms with Crippen LogP contribution in [0.4, 0.5) is 0 Å². The number of benzene rings is 1. The molecular formula is C8H12NO3P. The topological polar surface area (TPSA) is 83.6 Å². The Bertz CT molecular complexity index is 334. The van der Waals surface area contributed by atoms with Gasteiger partial charge in [0.05, 0.1) is 5.30 Å². The minimum atomic E-state index is -4.14. The van der Waals surface area contributed by atoms with Gasteiger partial charge in [0.2, 0.25) is 0 Å². The molecule has 0 aromatic heterocycles. The molecule has 0 heterocycles. The molecule has 72 valence electrons. The Labute approximate surface area is 76.6 Å². The molecule has 0 fully saturated rings. The van der Waals surface area contributed by atoms with Crippen molar-refractivity contribution in [2.75, 3.05) is 6.54 Å². The predicted octanol–water partition coefficient (Wildman–Crippen LogP) is -0.00920. The monoisotopic (exact) mass is 201 g/mol. The zero-order valence-corrected chi connectivity index (χ0v) is 7.95. The molecule has 0 saturated carbocycles. The number of nitrogens with two attached hydrogens (primary N) is 1. The molecule has 5 heteroatoms. The molecule has 0 atom stereocenters. The molecule has 0 spiro atoms. The Kier molecular flexibility index (Phi) is 3.22. The second kappa shape index (κ2) is 4.03. The highest BCUT2D eigenvalue weighted by molar-refractivity contribution is 7.60. The normalized spacial score (nSPS) is 11.6. The fraction of sp³-hybridized carbons (Fsp3) is 0.250. The van der Waals surface area contributed by atoms with E-state index in [0.29, 0.717) is 18.5 Å². The first-order valence-electron chi connectivity index (χ1n) is 3.90. The van der Waals surface area contributed by atoms with Crippen molar-refractivity contribution in [1.82, 2.24) is 0 Å². The lowest BCUT2D eigenvalue weighted by Gasteiger charge is -2.09. The highest BCUT2D eigenvalue weighted by atomic mass is 31.2. The first-order valence-corrected chi connectivity index (χ1v) is 5.51. The summed E-state index contributed by atoms with van der Waals surface area (Å²) in [5.41, 5.74) is 5.94. The zero-order chi connectivity index (χ0) is 9.90. The zero-order valence-electron chi connectivity index (χ0n) is 7.05. The summed E-state index contributed by atoms with van der Waals surface area (Å²) >= 11 is 0. The molecule has 1 rings (SSSR count). The summed E-state index contributed by atoms with van der Waals surface area (Å²) in [7, 11) is -4.14. The maximum atomic E-state index is 11.0. The van der Waals surface area contributed by atoms with Crippen LogP contribution in [0.25, 0.3) is 0 Å². The Morgan fingerprint density at radius 2 is 1.92 bits per heavy atom. The summed E-state index contributed by atoms with van der Waals surface area (Å²) < 4.78 is 11.0. The first-order chi connectivity index (χ1) is 6.05. The van der Waals surface area contributed by atoms with Gasteiger partial charge in [-0.1, -0.05) is 18.2 Å². The van der Waals surface area contributed by atoms with Crippen molar-refractivity contribution in [2.45, 2.75) is 6.42 Å². The van der Waals surface area contributed by atoms with Gasteiger partial charge < -0.3 is 15.5 Å². The number of hydrogen-bond acceptors (Lipinski definition) is 2. The molecule has 4 N–H and O–H groups in total. The van der Waals surface area contributed by atoms with Crippen LogP contribution in [-0.2, 0) is 11.0 Å². The molecule has 1 aromatic rings. The minimum absolute atomic E-state index is 0.0838. The van der Waals surface area contributed by atoms with Gasteiger partial charge in [-0.3, -0.25) is 4.57 Å². The third kappa shape index (κ3) is 2.64. The van der Waals surface area contributed by atoms with Crippen molar-refractivity contribution in [3.63, 3.8) is 0 Å². The highest BCUT2D eigenvalue weighted by Crippen LogP contribution is 2.34. The largest absolute Gasteiger partial charge is 0.356 e. The van der Waals surface area contributed by atoms with Crippen molar-refractivity contribution in [1.29, 1.82) is 0 Å². The van der Waals surface area contributed by atoms with Crippen LogP contribution in [0.3, 0.4) is 0 Å². The maximum absolute atomic E-state index is 11.0. The van der Waals surface area contributed by atoms with E-state index < -0.39 is 7.60 Å². The van der Waals surface area contributed by atoms with E-state index in [4.69, 9.17) is 15.5 Å². The lowest BCUT2D eigenvalue weighted by molar-refractivity contribution is 0.387. The van der Waals surface area contributed by atoms with Gasteiger partial charge in [-0.25, -0.2) is 0 Å². The molecule has 1 aromatic carbocycles. The van der Waals surface area contributed by atoms with Crippen LogP contribution in [-0.4, -0.2) is 16.3 Å². The standard InChI is InChI=1S/C8H12NO3P/c9-6-5-7-3-1-2-4-8(7)13(10,11)12/h1-4H,5-6,9H2,(H2,10,11,12). The van der Waals surface area contributed by atoms with Crippen LogP contribution in [0.1, 0.15) is 5.56 Å². The van der Waals surface area contributed by atoms with Crippen molar-refractivity contribution in [3.05, 3.63) is 29.8 Å². The van der Waals surface area contributed by atoms with Gasteiger partial charge in [-0.05, 0) is 24.6 Å². The van der Waals surface area contributed by atoms with E-state index in [1.165, 1.54) is 6.07 Å². The van der Waals surface area contributed by atoms with Crippen molar-refractivity contribution in [3.8, 4) is 0 Å². The summed E-state index contributed by atoms with van der Waals surface area (Å²) in [6.45, 7) is 0.386. The van der Waals surface area contributed by atoms with Crippen molar-refractivity contribution < 1.29 is 14.4 Å². The van der Waals surface area contributed by atoms with E-state index in [0.717, 1.165) is 0 Å². The Morgan fingerprint density at radius 1 is 1.31 bits per heavy atom. The van der Waals surface area contributed by atoms with Gasteiger partial charge in [0.25, 0.3) is 0 Å². The SMILES string of the molecule is NCCc1ccccc1P(=O)(O)O. The fourth-order valence-electron chi connectivity index (χ4n) is 1.16. The Hall–Kier alpha value is -0.670. The van der Waals surface area contributed by atoms with Crippen LogP contribution in [0.5, 0.6) is 0 Å². The van der Waals surface area contributed by atoms with Crippen LogP contribution < -0.4 is 11.0 Å². The van der Waals surface area contributed by atoms with E-state index in [1.807, 2.05) is 0 Å². The summed E-state index contributed by atoms with van der Waals surface area (Å²) in [6, 6.07) is 6.46. The van der Waals surface area contributed by atoms with Crippen LogP contribution in [0.15, 0.2) is 24.3 Å². The third-order valence-electron chi connectivity index (χ3n) is 1.72. The average Bonchev–Trinajstić information content (AvgIpc) is 2.04. The summed E-state index contributed by atoms with van der Waals surface area (Å²) in [4.78, 5) is 17.9. The molecule has 0 aliphatic carbocycles. The quantitative estimate of drug-likeness (QED) is 0.600. The molecule has 0 bridgehead atoms. The average molecular weight is 201 g/mol. The number of rotatable bonds is 3. The fourth-order valence-corrected chi connectivity index (χ4v) is 2.00. The van der Waals surface area contributed by atoms with Crippen molar-refractivity contribution >= 4 is 12.9 Å². The molecular weight excluding hydrogens is 189 g/mol. The van der Waals surface area contributed by atoms with Gasteiger partial charge in [0.1, 0.15) is 0 Å². The number of hydrogen-bond donors (Lipinski definition) is 3. The highest BCUT2D eigenvalue weighted by Gasteiger charge is 2.19. The third-order valence-corrected chi connectivity index (χ3v) is 2.78. The maximum Gasteiger partial charge on any atom is 0.356 e. The molecule has 0 unspecified atom stereocenters. The molecule has 0 radical (unpaired) electrons. The van der Waals surface area contributed by atoms with E-state index in [1.54, 1.807) is 18.2 Å². The van der Waals surface area contributed by atoms with Crippen LogP contribution >= 0.6 is 7.60 Å². The van der Waals surface area contributed by atoms with Crippen LogP contribution in [0.2, 0.25) is 0 Å². The van der Waals surface area contributed by atoms with Gasteiger partial charge in [-0.2, -0.15) is 0 Å². The van der Waals surface area contributed by atoms with E-state index in [-0.39, 0.29) is 5.30 Å². The predicted molar refractivity (Wildman–Crippen MR) is 50.9 cm³/mol. The van der Waals surface area contributed by atoms with E-state index >= 15 is 0 Å². The van der Waals surface area contributed by atoms with Crippen molar-refractivity contribution in [2.24, 2.45) is 5.73 Å².